The average molecular weight is 939 g/mol. The van der Waals surface area contributed by atoms with Crippen LogP contribution in [0.2, 0.25) is 0 Å². The van der Waals surface area contributed by atoms with Crippen molar-refractivity contribution in [2.24, 2.45) is 0 Å². The molecule has 0 saturated carbocycles. The Morgan fingerprint density at radius 3 is 1.18 bits per heavy atom. The zero-order valence-corrected chi connectivity index (χ0v) is 42.5. The summed E-state index contributed by atoms with van der Waals surface area (Å²) in [7, 11) is 0. The lowest BCUT2D eigenvalue weighted by Gasteiger charge is -2.38. The van der Waals surface area contributed by atoms with Gasteiger partial charge in [-0.25, -0.2) is 4.79 Å². The van der Waals surface area contributed by atoms with E-state index in [0.29, 0.717) is 12.8 Å². The van der Waals surface area contributed by atoms with Gasteiger partial charge in [-0.2, -0.15) is 0 Å². The van der Waals surface area contributed by atoms with Crippen LogP contribution in [0.5, 0.6) is 0 Å². The normalized spacial score (nSPS) is 19.1. The van der Waals surface area contributed by atoms with Crippen LogP contribution in [0.15, 0.2) is 12.2 Å². The first kappa shape index (κ1) is 62.0. The van der Waals surface area contributed by atoms with E-state index in [1.54, 1.807) is 0 Å². The van der Waals surface area contributed by atoms with E-state index in [-0.39, 0.29) is 26.1 Å². The van der Waals surface area contributed by atoms with Gasteiger partial charge in [0.25, 0.3) is 0 Å². The zero-order valence-electron chi connectivity index (χ0n) is 42.5. The van der Waals surface area contributed by atoms with E-state index in [1.165, 1.54) is 193 Å². The van der Waals surface area contributed by atoms with Crippen LogP contribution >= 0.6 is 0 Å². The second-order valence-electron chi connectivity index (χ2n) is 19.4. The fourth-order valence-electron chi connectivity index (χ4n) is 8.76. The van der Waals surface area contributed by atoms with Crippen LogP contribution < -0.4 is 0 Å². The molecule has 11 nitrogen and oxygen atoms in total. The summed E-state index contributed by atoms with van der Waals surface area (Å²) < 4.78 is 21.9. The SMILES string of the molecule is CCCCCCCCCC/C=C\CCCCCCCCCCCC(=O)OCC(COC1OC(C(=O)O)C(O)C(O)C1O)OC(=O)CCCCCCCCCCCCCCCCCCCCC. The molecule has 388 valence electrons. The number of carboxylic acids is 1. The second kappa shape index (κ2) is 45.4. The van der Waals surface area contributed by atoms with Gasteiger partial charge in [0.2, 0.25) is 0 Å². The molecular weight excluding hydrogens is 837 g/mol. The molecule has 66 heavy (non-hydrogen) atoms. The lowest BCUT2D eigenvalue weighted by atomic mass is 9.99. The molecule has 0 amide bonds. The van der Waals surface area contributed by atoms with Crippen molar-refractivity contribution in [1.29, 1.82) is 0 Å². The van der Waals surface area contributed by atoms with E-state index < -0.39 is 54.7 Å². The highest BCUT2D eigenvalue weighted by molar-refractivity contribution is 5.73. The number of hydrogen-bond donors (Lipinski definition) is 4. The van der Waals surface area contributed by atoms with Crippen molar-refractivity contribution in [2.45, 2.75) is 307 Å². The monoisotopic (exact) mass is 939 g/mol. The lowest BCUT2D eigenvalue weighted by Crippen LogP contribution is -2.60. The Labute approximate surface area is 403 Å². The summed E-state index contributed by atoms with van der Waals surface area (Å²) in [6.45, 7) is 3.87. The number of allylic oxidation sites excluding steroid dienone is 2. The molecule has 6 unspecified atom stereocenters. The van der Waals surface area contributed by atoms with E-state index in [4.69, 9.17) is 18.9 Å². The molecule has 1 saturated heterocycles. The number of unbranched alkanes of at least 4 members (excludes halogenated alkanes) is 35. The van der Waals surface area contributed by atoms with Crippen LogP contribution in [-0.2, 0) is 33.3 Å². The van der Waals surface area contributed by atoms with Crippen LogP contribution in [-0.4, -0.2) is 88.4 Å². The molecule has 0 bridgehead atoms. The van der Waals surface area contributed by atoms with Crippen LogP contribution in [0.3, 0.4) is 0 Å². The Balaban J connectivity index is 2.25. The molecular formula is C55H102O11. The molecule has 1 heterocycles. The van der Waals surface area contributed by atoms with E-state index in [0.717, 1.165) is 38.5 Å². The first-order valence-corrected chi connectivity index (χ1v) is 27.7. The van der Waals surface area contributed by atoms with Crippen molar-refractivity contribution in [3.05, 3.63) is 12.2 Å². The molecule has 1 aliphatic heterocycles. The number of aliphatic hydroxyl groups is 3. The molecule has 1 fully saturated rings. The number of rotatable bonds is 48. The molecule has 1 aliphatic rings. The van der Waals surface area contributed by atoms with Crippen molar-refractivity contribution < 1.29 is 53.8 Å². The van der Waals surface area contributed by atoms with E-state index in [1.807, 2.05) is 0 Å². The van der Waals surface area contributed by atoms with Gasteiger partial charge in [-0.05, 0) is 38.5 Å². The third kappa shape index (κ3) is 36.0. The van der Waals surface area contributed by atoms with Crippen molar-refractivity contribution in [3.63, 3.8) is 0 Å². The number of aliphatic carboxylic acids is 1. The largest absolute Gasteiger partial charge is 0.479 e. The lowest BCUT2D eigenvalue weighted by molar-refractivity contribution is -0.298. The zero-order chi connectivity index (χ0) is 48.1. The van der Waals surface area contributed by atoms with Gasteiger partial charge in [0, 0.05) is 12.8 Å². The summed E-state index contributed by atoms with van der Waals surface area (Å²) >= 11 is 0. The van der Waals surface area contributed by atoms with Crippen LogP contribution in [0, 0.1) is 0 Å². The molecule has 11 heteroatoms. The third-order valence-electron chi connectivity index (χ3n) is 13.1. The number of carboxylic acid groups (broad SMARTS) is 1. The first-order valence-electron chi connectivity index (χ1n) is 27.7. The average Bonchev–Trinajstić information content (AvgIpc) is 3.30. The minimum Gasteiger partial charge on any atom is -0.479 e. The molecule has 0 aromatic carbocycles. The van der Waals surface area contributed by atoms with Crippen LogP contribution in [0.1, 0.15) is 271 Å². The maximum absolute atomic E-state index is 12.9. The van der Waals surface area contributed by atoms with Crippen molar-refractivity contribution in [3.8, 4) is 0 Å². The quantitative estimate of drug-likeness (QED) is 0.0260. The maximum atomic E-state index is 12.9. The molecule has 0 spiro atoms. The predicted octanol–water partition coefficient (Wildman–Crippen LogP) is 13.6. The Morgan fingerprint density at radius 1 is 0.455 bits per heavy atom. The fourth-order valence-corrected chi connectivity index (χ4v) is 8.76. The van der Waals surface area contributed by atoms with E-state index in [9.17, 15) is 34.8 Å². The minimum atomic E-state index is -1.86. The van der Waals surface area contributed by atoms with Gasteiger partial charge >= 0.3 is 17.9 Å². The molecule has 0 aliphatic carbocycles. The highest BCUT2D eigenvalue weighted by Gasteiger charge is 2.47. The maximum Gasteiger partial charge on any atom is 0.335 e. The van der Waals surface area contributed by atoms with Gasteiger partial charge in [-0.1, -0.05) is 231 Å². The summed E-state index contributed by atoms with van der Waals surface area (Å²) in [6.07, 6.45) is 42.6. The van der Waals surface area contributed by atoms with E-state index in [2.05, 4.69) is 26.0 Å². The molecule has 0 aromatic heterocycles. The molecule has 0 radical (unpaired) electrons. The van der Waals surface area contributed by atoms with Gasteiger partial charge in [0.15, 0.2) is 18.5 Å². The Morgan fingerprint density at radius 2 is 0.803 bits per heavy atom. The van der Waals surface area contributed by atoms with Crippen molar-refractivity contribution in [1.82, 2.24) is 0 Å². The molecule has 1 rings (SSSR count). The summed E-state index contributed by atoms with van der Waals surface area (Å²) in [4.78, 5) is 37.1. The van der Waals surface area contributed by atoms with Gasteiger partial charge < -0.3 is 39.4 Å². The number of esters is 2. The summed E-state index contributed by atoms with van der Waals surface area (Å²) in [5, 5.41) is 40.0. The summed E-state index contributed by atoms with van der Waals surface area (Å²) in [5.74, 6) is -2.42. The smallest absolute Gasteiger partial charge is 0.335 e. The van der Waals surface area contributed by atoms with Gasteiger partial charge in [0.1, 0.15) is 24.9 Å². The van der Waals surface area contributed by atoms with Crippen molar-refractivity contribution >= 4 is 17.9 Å². The topological polar surface area (TPSA) is 169 Å². The summed E-state index contributed by atoms with van der Waals surface area (Å²) in [5.41, 5.74) is 0. The molecule has 6 atom stereocenters. The van der Waals surface area contributed by atoms with E-state index >= 15 is 0 Å². The van der Waals surface area contributed by atoms with Gasteiger partial charge in [0.05, 0.1) is 6.61 Å². The number of hydrogen-bond acceptors (Lipinski definition) is 10. The highest BCUT2D eigenvalue weighted by Crippen LogP contribution is 2.23. The van der Waals surface area contributed by atoms with Crippen LogP contribution in [0.4, 0.5) is 0 Å². The highest BCUT2D eigenvalue weighted by atomic mass is 16.7. The van der Waals surface area contributed by atoms with Crippen LogP contribution in [0.25, 0.3) is 0 Å². The molecule has 0 aromatic rings. The number of carbonyl (C=O) groups is 3. The predicted molar refractivity (Wildman–Crippen MR) is 266 cm³/mol. The Bertz CT molecular complexity index is 1150. The Kier molecular flexibility index (Phi) is 42.6. The minimum absolute atomic E-state index is 0.189. The van der Waals surface area contributed by atoms with Crippen molar-refractivity contribution in [2.75, 3.05) is 13.2 Å². The first-order chi connectivity index (χ1) is 32.2. The summed E-state index contributed by atoms with van der Waals surface area (Å²) in [6, 6.07) is 0. The Hall–Kier alpha value is -2.05. The van der Waals surface area contributed by atoms with Gasteiger partial charge in [-0.3, -0.25) is 9.59 Å². The number of carbonyl (C=O) groups excluding carboxylic acids is 2. The standard InChI is InChI=1S/C55H102O11/c1-3-5-7-9-11-13-15-17-19-21-23-24-26-27-29-31-33-35-37-39-41-43-48(56)63-45-47(46-64-55-52(60)50(58)51(59)53(66-55)54(61)62)65-49(57)44-42-40-38-36-34-32-30-28-25-22-20-18-16-14-12-10-8-6-4-2/h21,23,47,50-53,55,58-60H,3-20,22,24-46H2,1-2H3,(H,61,62)/b23-21-. The number of ether oxygens (including phenoxy) is 4. The number of aliphatic hydroxyl groups excluding tert-OH is 3. The third-order valence-corrected chi connectivity index (χ3v) is 13.1. The molecule has 4 N–H and O–H groups in total. The van der Waals surface area contributed by atoms with Gasteiger partial charge in [-0.15, -0.1) is 0 Å². The second-order valence-corrected chi connectivity index (χ2v) is 19.4. The fraction of sp³-hybridized carbons (Fsp3) is 0.909.